The van der Waals surface area contributed by atoms with E-state index in [0.717, 1.165) is 32.7 Å². The standard InChI is InChI=1S/C16H11BO3/c18-17(19)11-7-5-10-6-8-13-12-3-1-2-4-15(12)20-16(13)14(10)9-11/h1-9,18-19H. The molecule has 1 heterocycles. The van der Waals surface area contributed by atoms with Crippen LogP contribution in [0.15, 0.2) is 59.0 Å². The highest BCUT2D eigenvalue weighted by Crippen LogP contribution is 2.33. The Balaban J connectivity index is 2.18. The summed E-state index contributed by atoms with van der Waals surface area (Å²) in [7, 11) is -1.47. The van der Waals surface area contributed by atoms with Crippen LogP contribution in [0.4, 0.5) is 0 Å². The lowest BCUT2D eigenvalue weighted by Crippen LogP contribution is -2.29. The highest BCUT2D eigenvalue weighted by atomic mass is 16.4. The number of fused-ring (bicyclic) bond motifs is 5. The number of benzene rings is 3. The molecule has 4 rings (SSSR count). The van der Waals surface area contributed by atoms with Gasteiger partial charge in [-0.15, -0.1) is 0 Å². The number of rotatable bonds is 1. The van der Waals surface area contributed by atoms with Crippen LogP contribution in [0.25, 0.3) is 32.7 Å². The van der Waals surface area contributed by atoms with E-state index in [1.165, 1.54) is 0 Å². The first-order chi connectivity index (χ1) is 9.74. The third-order valence-corrected chi connectivity index (χ3v) is 3.68. The van der Waals surface area contributed by atoms with E-state index in [-0.39, 0.29) is 0 Å². The van der Waals surface area contributed by atoms with E-state index in [9.17, 15) is 10.0 Å². The Morgan fingerprint density at radius 2 is 1.60 bits per heavy atom. The van der Waals surface area contributed by atoms with E-state index >= 15 is 0 Å². The Labute approximate surface area is 115 Å². The topological polar surface area (TPSA) is 53.6 Å². The summed E-state index contributed by atoms with van der Waals surface area (Å²) >= 11 is 0. The van der Waals surface area contributed by atoms with Crippen LogP contribution in [0.3, 0.4) is 0 Å². The molecular weight excluding hydrogens is 251 g/mol. The van der Waals surface area contributed by atoms with E-state index < -0.39 is 7.12 Å². The third-order valence-electron chi connectivity index (χ3n) is 3.68. The van der Waals surface area contributed by atoms with Gasteiger partial charge in [-0.1, -0.05) is 42.5 Å². The minimum absolute atomic E-state index is 0.463. The van der Waals surface area contributed by atoms with Crippen molar-refractivity contribution in [1.29, 1.82) is 0 Å². The van der Waals surface area contributed by atoms with Crippen molar-refractivity contribution in [2.75, 3.05) is 0 Å². The number of para-hydroxylation sites is 1. The Bertz CT molecular complexity index is 940. The molecule has 1 aromatic heterocycles. The monoisotopic (exact) mass is 262 g/mol. The van der Waals surface area contributed by atoms with Gasteiger partial charge in [0.05, 0.1) is 0 Å². The molecule has 20 heavy (non-hydrogen) atoms. The first-order valence-electron chi connectivity index (χ1n) is 6.44. The summed E-state index contributed by atoms with van der Waals surface area (Å²) < 4.78 is 5.94. The lowest BCUT2D eigenvalue weighted by molar-refractivity contribution is 0.426. The van der Waals surface area contributed by atoms with Gasteiger partial charge in [-0.25, -0.2) is 0 Å². The van der Waals surface area contributed by atoms with Gasteiger partial charge in [0, 0.05) is 16.2 Å². The fraction of sp³-hybridized carbons (Fsp3) is 0. The maximum atomic E-state index is 9.32. The molecule has 0 amide bonds. The summed E-state index contributed by atoms with van der Waals surface area (Å²) in [6.07, 6.45) is 0. The Hall–Kier alpha value is -2.30. The molecule has 3 aromatic carbocycles. The molecule has 4 aromatic rings. The molecule has 0 aliphatic carbocycles. The van der Waals surface area contributed by atoms with Gasteiger partial charge in [0.1, 0.15) is 11.2 Å². The fourth-order valence-electron chi connectivity index (χ4n) is 2.68. The molecule has 0 atom stereocenters. The zero-order valence-corrected chi connectivity index (χ0v) is 10.6. The van der Waals surface area contributed by atoms with Gasteiger partial charge in [0.2, 0.25) is 0 Å². The van der Waals surface area contributed by atoms with Gasteiger partial charge in [0.25, 0.3) is 0 Å². The molecule has 96 valence electrons. The summed E-state index contributed by atoms with van der Waals surface area (Å²) in [6, 6.07) is 17.3. The molecule has 4 heteroatoms. The summed E-state index contributed by atoms with van der Waals surface area (Å²) in [6.45, 7) is 0. The normalized spacial score (nSPS) is 11.5. The number of hydrogen-bond acceptors (Lipinski definition) is 3. The third kappa shape index (κ3) is 1.56. The van der Waals surface area contributed by atoms with Gasteiger partial charge in [-0.3, -0.25) is 0 Å². The highest BCUT2D eigenvalue weighted by Gasteiger charge is 2.14. The molecule has 0 aliphatic rings. The second kappa shape index (κ2) is 4.10. The largest absolute Gasteiger partial charge is 0.488 e. The minimum Gasteiger partial charge on any atom is -0.455 e. The average molecular weight is 262 g/mol. The summed E-state index contributed by atoms with van der Waals surface area (Å²) in [4.78, 5) is 0. The first kappa shape index (κ1) is 11.5. The Kier molecular flexibility index (Phi) is 2.36. The molecule has 0 saturated heterocycles. The number of furan rings is 1. The van der Waals surface area contributed by atoms with E-state index in [2.05, 4.69) is 0 Å². The van der Waals surface area contributed by atoms with Crippen molar-refractivity contribution in [3.8, 4) is 0 Å². The highest BCUT2D eigenvalue weighted by molar-refractivity contribution is 6.59. The lowest BCUT2D eigenvalue weighted by Gasteiger charge is -2.03. The van der Waals surface area contributed by atoms with Crippen LogP contribution in [0.5, 0.6) is 0 Å². The van der Waals surface area contributed by atoms with Crippen LogP contribution >= 0.6 is 0 Å². The molecule has 0 aliphatic heterocycles. The van der Waals surface area contributed by atoms with Crippen molar-refractivity contribution in [2.24, 2.45) is 0 Å². The maximum absolute atomic E-state index is 9.32. The molecular formula is C16H11BO3. The smallest absolute Gasteiger partial charge is 0.455 e. The molecule has 0 radical (unpaired) electrons. The molecule has 0 fully saturated rings. The van der Waals surface area contributed by atoms with Crippen LogP contribution in [-0.4, -0.2) is 17.2 Å². The van der Waals surface area contributed by atoms with Gasteiger partial charge < -0.3 is 14.5 Å². The minimum atomic E-state index is -1.47. The van der Waals surface area contributed by atoms with Crippen LogP contribution in [0, 0.1) is 0 Å². The molecule has 2 N–H and O–H groups in total. The van der Waals surface area contributed by atoms with Crippen molar-refractivity contribution in [3.63, 3.8) is 0 Å². The fourth-order valence-corrected chi connectivity index (χ4v) is 2.68. The quantitative estimate of drug-likeness (QED) is 0.518. The van der Waals surface area contributed by atoms with Gasteiger partial charge in [0.15, 0.2) is 0 Å². The molecule has 0 unspecified atom stereocenters. The Morgan fingerprint density at radius 1 is 0.800 bits per heavy atom. The maximum Gasteiger partial charge on any atom is 0.488 e. The summed E-state index contributed by atoms with van der Waals surface area (Å²) in [5.74, 6) is 0. The zero-order valence-electron chi connectivity index (χ0n) is 10.6. The second-order valence-corrected chi connectivity index (χ2v) is 4.89. The van der Waals surface area contributed by atoms with Crippen molar-refractivity contribution in [3.05, 3.63) is 54.6 Å². The van der Waals surface area contributed by atoms with Crippen LogP contribution < -0.4 is 5.46 Å². The van der Waals surface area contributed by atoms with Crippen molar-refractivity contribution in [2.45, 2.75) is 0 Å². The molecule has 0 spiro atoms. The zero-order chi connectivity index (χ0) is 13.7. The van der Waals surface area contributed by atoms with Gasteiger partial charge in [-0.05, 0) is 23.0 Å². The van der Waals surface area contributed by atoms with Crippen molar-refractivity contribution < 1.29 is 14.5 Å². The average Bonchev–Trinajstić information content (AvgIpc) is 2.85. The lowest BCUT2D eigenvalue weighted by atomic mass is 9.79. The van der Waals surface area contributed by atoms with E-state index in [1.54, 1.807) is 12.1 Å². The van der Waals surface area contributed by atoms with E-state index in [0.29, 0.717) is 5.46 Å². The van der Waals surface area contributed by atoms with Crippen molar-refractivity contribution >= 4 is 45.3 Å². The molecule has 0 saturated carbocycles. The van der Waals surface area contributed by atoms with Crippen LogP contribution in [-0.2, 0) is 0 Å². The SMILES string of the molecule is OB(O)c1ccc2ccc3c4ccccc4oc3c2c1. The first-order valence-corrected chi connectivity index (χ1v) is 6.44. The Morgan fingerprint density at radius 3 is 2.45 bits per heavy atom. The van der Waals surface area contributed by atoms with Crippen LogP contribution in [0.1, 0.15) is 0 Å². The summed E-state index contributed by atoms with van der Waals surface area (Å²) in [5, 5.41) is 22.7. The van der Waals surface area contributed by atoms with E-state index in [4.69, 9.17) is 4.42 Å². The van der Waals surface area contributed by atoms with Crippen LogP contribution in [0.2, 0.25) is 0 Å². The molecule has 0 bridgehead atoms. The predicted octanol–water partition coefficient (Wildman–Crippen LogP) is 2.42. The van der Waals surface area contributed by atoms with Gasteiger partial charge >= 0.3 is 7.12 Å². The van der Waals surface area contributed by atoms with Gasteiger partial charge in [-0.2, -0.15) is 0 Å². The predicted molar refractivity (Wildman–Crippen MR) is 81.1 cm³/mol. The summed E-state index contributed by atoms with van der Waals surface area (Å²) in [5.41, 5.74) is 2.08. The van der Waals surface area contributed by atoms with Crippen molar-refractivity contribution in [1.82, 2.24) is 0 Å². The number of hydrogen-bond donors (Lipinski definition) is 2. The van der Waals surface area contributed by atoms with E-state index in [1.807, 2.05) is 42.5 Å². The second-order valence-electron chi connectivity index (χ2n) is 4.89. The molecule has 3 nitrogen and oxygen atoms in total.